The Balaban J connectivity index is 2.17. The smallest absolute Gasteiger partial charge is 0.196 e. The highest BCUT2D eigenvalue weighted by molar-refractivity contribution is 5.51. The number of nitrogens with one attached hydrogen (secondary N) is 1. The lowest BCUT2D eigenvalue weighted by Crippen LogP contribution is -2.05. The first kappa shape index (κ1) is 12.3. The first-order valence-electron chi connectivity index (χ1n) is 5.30. The minimum atomic E-state index is -1.49. The average Bonchev–Trinajstić information content (AvgIpc) is 2.37. The Hall–Kier alpha value is -2.17. The Bertz CT molecular complexity index is 570. The van der Waals surface area contributed by atoms with Crippen molar-refractivity contribution < 1.29 is 13.2 Å². The molecule has 18 heavy (non-hydrogen) atoms. The molecule has 0 unspecified atom stereocenters. The molecule has 5 heteroatoms. The van der Waals surface area contributed by atoms with Gasteiger partial charge in [0, 0.05) is 12.2 Å². The number of anilines is 2. The molecule has 0 aliphatic carbocycles. The predicted octanol–water partition coefficient (Wildman–Crippen LogP) is 3.30. The molecule has 0 aromatic heterocycles. The Morgan fingerprint density at radius 3 is 2.39 bits per heavy atom. The molecule has 0 saturated heterocycles. The standard InChI is InChI=1S/C13H11F3N2/c14-9-5-6-11(13(16)12(9)15)18-7-8-3-1-2-4-10(8)17/h1-6,18H,7,17H2. The first-order valence-corrected chi connectivity index (χ1v) is 5.30. The van der Waals surface area contributed by atoms with Crippen LogP contribution in [0.3, 0.4) is 0 Å². The molecule has 3 N–H and O–H groups in total. The Labute approximate surface area is 102 Å². The van der Waals surface area contributed by atoms with Crippen molar-refractivity contribution >= 4 is 11.4 Å². The van der Waals surface area contributed by atoms with Crippen LogP contribution in [-0.2, 0) is 6.54 Å². The van der Waals surface area contributed by atoms with Gasteiger partial charge in [-0.05, 0) is 23.8 Å². The third-order valence-corrected chi connectivity index (χ3v) is 2.56. The molecule has 0 heterocycles. The fraction of sp³-hybridized carbons (Fsp3) is 0.0769. The van der Waals surface area contributed by atoms with Gasteiger partial charge in [0.15, 0.2) is 17.5 Å². The van der Waals surface area contributed by atoms with Crippen LogP contribution in [0.2, 0.25) is 0 Å². The molecule has 0 bridgehead atoms. The molecule has 0 atom stereocenters. The molecule has 94 valence electrons. The molecule has 2 rings (SSSR count). The van der Waals surface area contributed by atoms with E-state index in [1.165, 1.54) is 0 Å². The van der Waals surface area contributed by atoms with Gasteiger partial charge in [0.2, 0.25) is 0 Å². The topological polar surface area (TPSA) is 38.0 Å². The maximum absolute atomic E-state index is 13.4. The number of halogens is 3. The van der Waals surface area contributed by atoms with Crippen LogP contribution in [0.5, 0.6) is 0 Å². The summed E-state index contributed by atoms with van der Waals surface area (Å²) in [5, 5.41) is 2.68. The lowest BCUT2D eigenvalue weighted by molar-refractivity contribution is 0.449. The van der Waals surface area contributed by atoms with Crippen molar-refractivity contribution in [2.75, 3.05) is 11.1 Å². The molecule has 0 amide bonds. The van der Waals surface area contributed by atoms with Crippen LogP contribution < -0.4 is 11.1 Å². The Morgan fingerprint density at radius 2 is 1.67 bits per heavy atom. The van der Waals surface area contributed by atoms with Crippen molar-refractivity contribution in [3.63, 3.8) is 0 Å². The highest BCUT2D eigenvalue weighted by Crippen LogP contribution is 2.21. The van der Waals surface area contributed by atoms with Crippen molar-refractivity contribution in [1.29, 1.82) is 0 Å². The second-order valence-electron chi connectivity index (χ2n) is 3.78. The third-order valence-electron chi connectivity index (χ3n) is 2.56. The van der Waals surface area contributed by atoms with Gasteiger partial charge < -0.3 is 11.1 Å². The van der Waals surface area contributed by atoms with Gasteiger partial charge in [0.25, 0.3) is 0 Å². The summed E-state index contributed by atoms with van der Waals surface area (Å²) in [4.78, 5) is 0. The molecule has 2 aromatic carbocycles. The van der Waals surface area contributed by atoms with E-state index in [-0.39, 0.29) is 12.2 Å². The number of hydrogen-bond donors (Lipinski definition) is 2. The highest BCUT2D eigenvalue weighted by Gasteiger charge is 2.13. The van der Waals surface area contributed by atoms with Crippen LogP contribution in [0.1, 0.15) is 5.56 Å². The monoisotopic (exact) mass is 252 g/mol. The van der Waals surface area contributed by atoms with Gasteiger partial charge in [-0.2, -0.15) is 0 Å². The number of rotatable bonds is 3. The first-order chi connectivity index (χ1) is 8.59. The van der Waals surface area contributed by atoms with E-state index in [2.05, 4.69) is 5.32 Å². The molecule has 0 saturated carbocycles. The predicted molar refractivity (Wildman–Crippen MR) is 64.5 cm³/mol. The second-order valence-corrected chi connectivity index (χ2v) is 3.78. The normalized spacial score (nSPS) is 10.4. The lowest BCUT2D eigenvalue weighted by Gasteiger charge is -2.10. The second kappa shape index (κ2) is 5.00. The van der Waals surface area contributed by atoms with Crippen LogP contribution in [0, 0.1) is 17.5 Å². The fourth-order valence-corrected chi connectivity index (χ4v) is 1.55. The summed E-state index contributed by atoms with van der Waals surface area (Å²) in [5.41, 5.74) is 6.91. The summed E-state index contributed by atoms with van der Waals surface area (Å²) in [7, 11) is 0. The van der Waals surface area contributed by atoms with E-state index in [1.807, 2.05) is 0 Å². The van der Waals surface area contributed by atoms with E-state index in [1.54, 1.807) is 24.3 Å². The fourth-order valence-electron chi connectivity index (χ4n) is 1.55. The van der Waals surface area contributed by atoms with Gasteiger partial charge in [0.1, 0.15) is 0 Å². The number of nitrogen functional groups attached to an aromatic ring is 1. The average molecular weight is 252 g/mol. The minimum absolute atomic E-state index is 0.0999. The zero-order valence-electron chi connectivity index (χ0n) is 9.38. The maximum atomic E-state index is 13.4. The van der Waals surface area contributed by atoms with Gasteiger partial charge in [-0.25, -0.2) is 13.2 Å². The highest BCUT2D eigenvalue weighted by atomic mass is 19.2. The van der Waals surface area contributed by atoms with E-state index in [9.17, 15) is 13.2 Å². The van der Waals surface area contributed by atoms with Crippen molar-refractivity contribution in [2.24, 2.45) is 0 Å². The van der Waals surface area contributed by atoms with Crippen molar-refractivity contribution in [1.82, 2.24) is 0 Å². The van der Waals surface area contributed by atoms with Crippen LogP contribution in [-0.4, -0.2) is 0 Å². The maximum Gasteiger partial charge on any atom is 0.196 e. The van der Waals surface area contributed by atoms with Gasteiger partial charge in [-0.3, -0.25) is 0 Å². The third kappa shape index (κ3) is 2.40. The van der Waals surface area contributed by atoms with E-state index >= 15 is 0 Å². The molecule has 2 aromatic rings. The van der Waals surface area contributed by atoms with Crippen LogP contribution in [0.25, 0.3) is 0 Å². The zero-order chi connectivity index (χ0) is 13.1. The van der Waals surface area contributed by atoms with Crippen molar-refractivity contribution in [3.8, 4) is 0 Å². The minimum Gasteiger partial charge on any atom is -0.398 e. The zero-order valence-corrected chi connectivity index (χ0v) is 9.38. The quantitative estimate of drug-likeness (QED) is 0.649. The van der Waals surface area contributed by atoms with E-state index in [4.69, 9.17) is 5.73 Å². The molecule has 0 aliphatic rings. The lowest BCUT2D eigenvalue weighted by atomic mass is 10.2. The van der Waals surface area contributed by atoms with E-state index in [0.717, 1.165) is 17.7 Å². The summed E-state index contributed by atoms with van der Waals surface area (Å²) in [5.74, 6) is -3.93. The molecular weight excluding hydrogens is 241 g/mol. The number of benzene rings is 2. The summed E-state index contributed by atoms with van der Waals surface area (Å²) < 4.78 is 39.1. The number of para-hydroxylation sites is 1. The van der Waals surface area contributed by atoms with Crippen molar-refractivity contribution in [2.45, 2.75) is 6.54 Å². The molecule has 0 radical (unpaired) electrons. The SMILES string of the molecule is Nc1ccccc1CNc1ccc(F)c(F)c1F. The molecule has 0 spiro atoms. The molecular formula is C13H11F3N2. The summed E-state index contributed by atoms with van der Waals surface area (Å²) in [6, 6.07) is 9.05. The van der Waals surface area contributed by atoms with Crippen LogP contribution in [0.15, 0.2) is 36.4 Å². The van der Waals surface area contributed by atoms with Gasteiger partial charge in [-0.15, -0.1) is 0 Å². The molecule has 2 nitrogen and oxygen atoms in total. The van der Waals surface area contributed by atoms with E-state index < -0.39 is 17.5 Å². The summed E-state index contributed by atoms with van der Waals surface area (Å²) in [6.07, 6.45) is 0. The molecule has 0 aliphatic heterocycles. The largest absolute Gasteiger partial charge is 0.398 e. The van der Waals surface area contributed by atoms with Gasteiger partial charge in [-0.1, -0.05) is 18.2 Å². The Morgan fingerprint density at radius 1 is 0.944 bits per heavy atom. The van der Waals surface area contributed by atoms with Gasteiger partial charge >= 0.3 is 0 Å². The van der Waals surface area contributed by atoms with Crippen LogP contribution in [0.4, 0.5) is 24.5 Å². The molecule has 0 fully saturated rings. The Kier molecular flexibility index (Phi) is 3.41. The number of hydrogen-bond acceptors (Lipinski definition) is 2. The number of nitrogens with two attached hydrogens (primary N) is 1. The summed E-state index contributed by atoms with van der Waals surface area (Å²) >= 11 is 0. The van der Waals surface area contributed by atoms with Gasteiger partial charge in [0.05, 0.1) is 5.69 Å². The van der Waals surface area contributed by atoms with E-state index in [0.29, 0.717) is 5.69 Å². The van der Waals surface area contributed by atoms with Crippen LogP contribution >= 0.6 is 0 Å². The van der Waals surface area contributed by atoms with Crippen molar-refractivity contribution in [3.05, 3.63) is 59.4 Å². The summed E-state index contributed by atoms with van der Waals surface area (Å²) in [6.45, 7) is 0.231.